The summed E-state index contributed by atoms with van der Waals surface area (Å²) in [5.74, 6) is 0.646. The number of nitrogens with one attached hydrogen (secondary N) is 1. The van der Waals surface area contributed by atoms with Crippen molar-refractivity contribution in [1.29, 1.82) is 5.26 Å². The lowest BCUT2D eigenvalue weighted by Crippen LogP contribution is -2.23. The van der Waals surface area contributed by atoms with E-state index in [1.165, 1.54) is 19.3 Å². The van der Waals surface area contributed by atoms with Gasteiger partial charge in [0.15, 0.2) is 0 Å². The predicted octanol–water partition coefficient (Wildman–Crippen LogP) is 3.35. The van der Waals surface area contributed by atoms with E-state index >= 15 is 0 Å². The van der Waals surface area contributed by atoms with Gasteiger partial charge in [-0.25, -0.2) is 4.98 Å². The number of hydrogen-bond donors (Lipinski definition) is 1. The van der Waals surface area contributed by atoms with Crippen LogP contribution < -0.4 is 5.32 Å². The van der Waals surface area contributed by atoms with Crippen LogP contribution in [0.25, 0.3) is 0 Å². The molecule has 0 saturated heterocycles. The van der Waals surface area contributed by atoms with Gasteiger partial charge in [-0.15, -0.1) is 0 Å². The molecule has 0 aromatic carbocycles. The zero-order valence-electron chi connectivity index (χ0n) is 9.04. The number of pyridine rings is 1. The molecule has 84 valence electrons. The van der Waals surface area contributed by atoms with Crippen LogP contribution in [-0.2, 0) is 0 Å². The fourth-order valence-electron chi connectivity index (χ4n) is 2.07. The van der Waals surface area contributed by atoms with E-state index in [4.69, 9.17) is 16.9 Å². The van der Waals surface area contributed by atoms with E-state index in [2.05, 4.69) is 16.4 Å². The second-order valence-corrected chi connectivity index (χ2v) is 4.49. The van der Waals surface area contributed by atoms with Crippen LogP contribution in [0.3, 0.4) is 0 Å². The molecular weight excluding hydrogens is 222 g/mol. The topological polar surface area (TPSA) is 48.7 Å². The summed E-state index contributed by atoms with van der Waals surface area (Å²) in [4.78, 5) is 4.19. The van der Waals surface area contributed by atoms with Crippen LogP contribution >= 0.6 is 11.6 Å². The summed E-state index contributed by atoms with van der Waals surface area (Å²) >= 11 is 6.08. The van der Waals surface area contributed by atoms with Gasteiger partial charge in [0.05, 0.1) is 5.56 Å². The third-order valence-electron chi connectivity index (χ3n) is 2.96. The van der Waals surface area contributed by atoms with Crippen LogP contribution in [0.2, 0.25) is 5.02 Å². The molecule has 0 amide bonds. The summed E-state index contributed by atoms with van der Waals surface area (Å²) < 4.78 is 0. The van der Waals surface area contributed by atoms with Gasteiger partial charge in [0.1, 0.15) is 16.9 Å². The molecule has 1 fully saturated rings. The van der Waals surface area contributed by atoms with E-state index in [0.717, 1.165) is 12.8 Å². The molecule has 0 bridgehead atoms. The summed E-state index contributed by atoms with van der Waals surface area (Å²) in [6.07, 6.45) is 7.78. The maximum Gasteiger partial charge on any atom is 0.146 e. The van der Waals surface area contributed by atoms with Crippen LogP contribution in [0, 0.1) is 11.3 Å². The molecule has 0 radical (unpaired) electrons. The van der Waals surface area contributed by atoms with E-state index in [-0.39, 0.29) is 0 Å². The van der Waals surface area contributed by atoms with Crippen molar-refractivity contribution in [2.45, 2.75) is 38.1 Å². The smallest absolute Gasteiger partial charge is 0.146 e. The minimum Gasteiger partial charge on any atom is -0.366 e. The molecular formula is C12H14ClN3. The van der Waals surface area contributed by atoms with Crippen molar-refractivity contribution in [1.82, 2.24) is 4.98 Å². The van der Waals surface area contributed by atoms with Crippen molar-refractivity contribution in [3.63, 3.8) is 0 Å². The summed E-state index contributed by atoms with van der Waals surface area (Å²) in [6, 6.07) is 4.15. The highest BCUT2D eigenvalue weighted by Gasteiger charge is 2.15. The standard InChI is InChI=1S/C12H14ClN3/c13-11-9(8-14)6-7-15-12(11)16-10-4-2-1-3-5-10/h6-7,10H,1-5H2,(H,15,16). The molecule has 1 saturated carbocycles. The summed E-state index contributed by atoms with van der Waals surface area (Å²) in [5, 5.41) is 12.6. The third-order valence-corrected chi connectivity index (χ3v) is 3.34. The molecule has 1 aromatic rings. The van der Waals surface area contributed by atoms with Gasteiger partial charge in [0.2, 0.25) is 0 Å². The Hall–Kier alpha value is -1.27. The van der Waals surface area contributed by atoms with Crippen molar-refractivity contribution in [3.8, 4) is 6.07 Å². The van der Waals surface area contributed by atoms with Crippen LogP contribution in [0.5, 0.6) is 0 Å². The SMILES string of the molecule is N#Cc1ccnc(NC2CCCCC2)c1Cl. The van der Waals surface area contributed by atoms with Crippen molar-refractivity contribution in [2.24, 2.45) is 0 Å². The summed E-state index contributed by atoms with van der Waals surface area (Å²) in [5.41, 5.74) is 0.481. The fourth-order valence-corrected chi connectivity index (χ4v) is 2.28. The van der Waals surface area contributed by atoms with Crippen molar-refractivity contribution < 1.29 is 0 Å². The Kier molecular flexibility index (Phi) is 3.63. The maximum atomic E-state index is 8.86. The highest BCUT2D eigenvalue weighted by molar-refractivity contribution is 6.34. The van der Waals surface area contributed by atoms with Crippen molar-refractivity contribution in [3.05, 3.63) is 22.8 Å². The molecule has 2 rings (SSSR count). The number of nitriles is 1. The predicted molar refractivity (Wildman–Crippen MR) is 64.5 cm³/mol. The Labute approximate surface area is 100 Å². The second kappa shape index (κ2) is 5.18. The Bertz CT molecular complexity index is 405. The lowest BCUT2D eigenvalue weighted by Gasteiger charge is -2.23. The maximum absolute atomic E-state index is 8.86. The molecule has 16 heavy (non-hydrogen) atoms. The first-order chi connectivity index (χ1) is 7.81. The normalized spacial score (nSPS) is 16.8. The average Bonchev–Trinajstić information content (AvgIpc) is 2.33. The van der Waals surface area contributed by atoms with Crippen LogP contribution in [0.4, 0.5) is 5.82 Å². The number of hydrogen-bond acceptors (Lipinski definition) is 3. The Morgan fingerprint density at radius 2 is 2.12 bits per heavy atom. The molecule has 1 aromatic heterocycles. The van der Waals surface area contributed by atoms with Gasteiger partial charge in [0.25, 0.3) is 0 Å². The number of rotatable bonds is 2. The van der Waals surface area contributed by atoms with Gasteiger partial charge in [0, 0.05) is 12.2 Å². The van der Waals surface area contributed by atoms with Gasteiger partial charge in [-0.1, -0.05) is 30.9 Å². The third kappa shape index (κ3) is 2.45. The highest BCUT2D eigenvalue weighted by Crippen LogP contribution is 2.26. The first-order valence-electron chi connectivity index (χ1n) is 5.62. The molecule has 0 unspecified atom stereocenters. The lowest BCUT2D eigenvalue weighted by atomic mass is 9.95. The molecule has 1 heterocycles. The molecule has 1 aliphatic carbocycles. The van der Waals surface area contributed by atoms with Crippen molar-refractivity contribution >= 4 is 17.4 Å². The van der Waals surface area contributed by atoms with Crippen LogP contribution in [-0.4, -0.2) is 11.0 Å². The molecule has 1 aliphatic rings. The number of halogens is 1. The minimum absolute atomic E-state index is 0.440. The van der Waals surface area contributed by atoms with E-state index in [0.29, 0.717) is 22.4 Å². The molecule has 1 N–H and O–H groups in total. The van der Waals surface area contributed by atoms with E-state index in [1.54, 1.807) is 12.3 Å². The number of aromatic nitrogens is 1. The molecule has 4 heteroatoms. The van der Waals surface area contributed by atoms with Gasteiger partial charge in [-0.05, 0) is 18.9 Å². The Balaban J connectivity index is 2.12. The average molecular weight is 236 g/mol. The van der Waals surface area contributed by atoms with Crippen LogP contribution in [0.15, 0.2) is 12.3 Å². The van der Waals surface area contributed by atoms with E-state index in [9.17, 15) is 0 Å². The quantitative estimate of drug-likeness (QED) is 0.855. The van der Waals surface area contributed by atoms with Gasteiger partial charge < -0.3 is 5.32 Å². The zero-order valence-corrected chi connectivity index (χ0v) is 9.80. The van der Waals surface area contributed by atoms with Gasteiger partial charge in [-0.3, -0.25) is 0 Å². The Morgan fingerprint density at radius 3 is 2.81 bits per heavy atom. The monoisotopic (exact) mass is 235 g/mol. The van der Waals surface area contributed by atoms with E-state index in [1.807, 2.05) is 0 Å². The Morgan fingerprint density at radius 1 is 1.38 bits per heavy atom. The van der Waals surface area contributed by atoms with Crippen LogP contribution in [0.1, 0.15) is 37.7 Å². The first-order valence-corrected chi connectivity index (χ1v) is 6.00. The minimum atomic E-state index is 0.440. The van der Waals surface area contributed by atoms with Gasteiger partial charge >= 0.3 is 0 Å². The summed E-state index contributed by atoms with van der Waals surface area (Å²) in [7, 11) is 0. The largest absolute Gasteiger partial charge is 0.366 e. The van der Waals surface area contributed by atoms with Crippen molar-refractivity contribution in [2.75, 3.05) is 5.32 Å². The highest BCUT2D eigenvalue weighted by atomic mass is 35.5. The first kappa shape index (κ1) is 11.2. The molecule has 0 atom stereocenters. The molecule has 0 aliphatic heterocycles. The van der Waals surface area contributed by atoms with E-state index < -0.39 is 0 Å². The molecule has 0 spiro atoms. The fraction of sp³-hybridized carbons (Fsp3) is 0.500. The number of nitrogens with zero attached hydrogens (tertiary/aromatic N) is 2. The summed E-state index contributed by atoms with van der Waals surface area (Å²) in [6.45, 7) is 0. The van der Waals surface area contributed by atoms with Gasteiger partial charge in [-0.2, -0.15) is 5.26 Å². The zero-order chi connectivity index (χ0) is 11.4. The number of anilines is 1. The second-order valence-electron chi connectivity index (χ2n) is 4.11. The molecule has 3 nitrogen and oxygen atoms in total. The lowest BCUT2D eigenvalue weighted by molar-refractivity contribution is 0.462.